The Morgan fingerprint density at radius 1 is 0.917 bits per heavy atom. The molecule has 5 nitrogen and oxygen atoms in total. The molecule has 0 spiro atoms. The highest BCUT2D eigenvalue weighted by Gasteiger charge is 2.21. The second kappa shape index (κ2) is 9.35. The molecule has 0 fully saturated rings. The second-order valence-electron chi connectivity index (χ2n) is 5.32. The summed E-state index contributed by atoms with van der Waals surface area (Å²) in [6.45, 7) is 0.732. The van der Waals surface area contributed by atoms with Gasteiger partial charge in [0.1, 0.15) is 0 Å². The first-order chi connectivity index (χ1) is 11.7. The number of benzene rings is 2. The lowest BCUT2D eigenvalue weighted by molar-refractivity contribution is 0.129. The molecule has 0 aliphatic heterocycles. The molecule has 0 aromatic heterocycles. The largest absolute Gasteiger partial charge is 0.452 e. The van der Waals surface area contributed by atoms with Gasteiger partial charge >= 0.3 is 12.1 Å². The summed E-state index contributed by atoms with van der Waals surface area (Å²) in [6, 6.07) is 19.1. The number of urea groups is 1. The van der Waals surface area contributed by atoms with Crippen LogP contribution in [0.25, 0.3) is 0 Å². The smallest absolute Gasteiger partial charge is 0.417 e. The number of carbonyl (C=O) groups excluding carboxylic acids is 2. The third-order valence-electron chi connectivity index (χ3n) is 3.64. The van der Waals surface area contributed by atoms with Gasteiger partial charge in [0.2, 0.25) is 0 Å². The van der Waals surface area contributed by atoms with Gasteiger partial charge in [0.05, 0.1) is 7.11 Å². The Kier molecular flexibility index (Phi) is 6.83. The summed E-state index contributed by atoms with van der Waals surface area (Å²) < 4.78 is 4.71. The Labute approximate surface area is 142 Å². The SMILES string of the molecule is COC(=O)N(CCc1ccccc1)C(=O)NCCc1ccccc1. The maximum Gasteiger partial charge on any atom is 0.417 e. The third-order valence-corrected chi connectivity index (χ3v) is 3.64. The predicted octanol–water partition coefficient (Wildman–Crippen LogP) is 3.25. The first-order valence-electron chi connectivity index (χ1n) is 7.92. The van der Waals surface area contributed by atoms with E-state index in [-0.39, 0.29) is 6.54 Å². The number of rotatable bonds is 6. The molecule has 0 bridgehead atoms. The van der Waals surface area contributed by atoms with E-state index in [4.69, 9.17) is 4.74 Å². The molecule has 2 aromatic rings. The van der Waals surface area contributed by atoms with Gasteiger partial charge < -0.3 is 10.1 Å². The van der Waals surface area contributed by atoms with E-state index in [1.54, 1.807) is 0 Å². The fourth-order valence-corrected chi connectivity index (χ4v) is 2.33. The van der Waals surface area contributed by atoms with E-state index >= 15 is 0 Å². The average molecular weight is 326 g/mol. The van der Waals surface area contributed by atoms with Crippen molar-refractivity contribution in [2.24, 2.45) is 0 Å². The predicted molar refractivity (Wildman–Crippen MR) is 92.8 cm³/mol. The summed E-state index contributed by atoms with van der Waals surface area (Å²) >= 11 is 0. The highest BCUT2D eigenvalue weighted by Crippen LogP contribution is 2.04. The summed E-state index contributed by atoms with van der Waals surface area (Å²) in [4.78, 5) is 25.2. The summed E-state index contributed by atoms with van der Waals surface area (Å²) in [5.74, 6) is 0. The van der Waals surface area contributed by atoms with Crippen molar-refractivity contribution >= 4 is 12.1 Å². The van der Waals surface area contributed by atoms with E-state index < -0.39 is 12.1 Å². The molecule has 2 aromatic carbocycles. The van der Waals surface area contributed by atoms with Crippen LogP contribution in [0.5, 0.6) is 0 Å². The lowest BCUT2D eigenvalue weighted by Crippen LogP contribution is -2.45. The van der Waals surface area contributed by atoms with E-state index in [0.29, 0.717) is 19.4 Å². The minimum Gasteiger partial charge on any atom is -0.452 e. The zero-order valence-electron chi connectivity index (χ0n) is 13.8. The lowest BCUT2D eigenvalue weighted by Gasteiger charge is -2.20. The Bertz CT molecular complexity index is 644. The van der Waals surface area contributed by atoms with Crippen LogP contribution in [0, 0.1) is 0 Å². The van der Waals surface area contributed by atoms with E-state index in [1.165, 1.54) is 7.11 Å². The van der Waals surface area contributed by atoms with Crippen LogP contribution in [0.3, 0.4) is 0 Å². The first kappa shape index (κ1) is 17.5. The number of imide groups is 1. The van der Waals surface area contributed by atoms with Crippen LogP contribution in [0.1, 0.15) is 11.1 Å². The van der Waals surface area contributed by atoms with Crippen molar-refractivity contribution in [2.45, 2.75) is 12.8 Å². The van der Waals surface area contributed by atoms with Crippen molar-refractivity contribution in [3.05, 3.63) is 71.8 Å². The Balaban J connectivity index is 1.86. The number of hydrogen-bond donors (Lipinski definition) is 1. The number of carbonyl (C=O) groups is 2. The van der Waals surface area contributed by atoms with Gasteiger partial charge in [-0.1, -0.05) is 60.7 Å². The van der Waals surface area contributed by atoms with Gasteiger partial charge in [-0.2, -0.15) is 0 Å². The molecular weight excluding hydrogens is 304 g/mol. The summed E-state index contributed by atoms with van der Waals surface area (Å²) in [5.41, 5.74) is 2.19. The maximum absolute atomic E-state index is 12.3. The van der Waals surface area contributed by atoms with Crippen LogP contribution >= 0.6 is 0 Å². The minimum absolute atomic E-state index is 0.272. The van der Waals surface area contributed by atoms with Gasteiger partial charge in [-0.05, 0) is 24.0 Å². The van der Waals surface area contributed by atoms with Crippen LogP contribution < -0.4 is 5.32 Å². The van der Waals surface area contributed by atoms with Crippen molar-refractivity contribution < 1.29 is 14.3 Å². The first-order valence-corrected chi connectivity index (χ1v) is 7.92. The molecule has 0 aliphatic carbocycles. The number of nitrogens with one attached hydrogen (secondary N) is 1. The quantitative estimate of drug-likeness (QED) is 0.886. The van der Waals surface area contributed by atoms with Crippen LogP contribution in [-0.2, 0) is 17.6 Å². The van der Waals surface area contributed by atoms with Crippen LogP contribution in [0.15, 0.2) is 60.7 Å². The maximum atomic E-state index is 12.3. The molecule has 0 radical (unpaired) electrons. The minimum atomic E-state index is -0.650. The van der Waals surface area contributed by atoms with Crippen molar-refractivity contribution in [3.8, 4) is 0 Å². The van der Waals surface area contributed by atoms with Gasteiger partial charge in [-0.25, -0.2) is 14.5 Å². The Morgan fingerprint density at radius 3 is 2.00 bits per heavy atom. The van der Waals surface area contributed by atoms with Crippen molar-refractivity contribution in [2.75, 3.05) is 20.2 Å². The molecule has 126 valence electrons. The number of hydrogen-bond acceptors (Lipinski definition) is 3. The number of nitrogens with zero attached hydrogens (tertiary/aromatic N) is 1. The standard InChI is InChI=1S/C19H22N2O3/c1-24-19(23)21(15-13-17-10-6-3-7-11-17)18(22)20-14-12-16-8-4-2-5-9-16/h2-11H,12-15H2,1H3,(H,20,22). The van der Waals surface area contributed by atoms with E-state index in [0.717, 1.165) is 16.0 Å². The van der Waals surface area contributed by atoms with Crippen molar-refractivity contribution in [1.82, 2.24) is 10.2 Å². The Morgan fingerprint density at radius 2 is 1.46 bits per heavy atom. The van der Waals surface area contributed by atoms with E-state index in [1.807, 2.05) is 60.7 Å². The molecule has 5 heteroatoms. The van der Waals surface area contributed by atoms with E-state index in [9.17, 15) is 9.59 Å². The molecule has 3 amide bonds. The van der Waals surface area contributed by atoms with Gasteiger partial charge in [0.15, 0.2) is 0 Å². The molecular formula is C19H22N2O3. The third kappa shape index (κ3) is 5.43. The van der Waals surface area contributed by atoms with Crippen LogP contribution in [0.4, 0.5) is 9.59 Å². The monoisotopic (exact) mass is 326 g/mol. The summed E-state index contributed by atoms with van der Waals surface area (Å²) in [6.07, 6.45) is 0.644. The molecule has 1 N–H and O–H groups in total. The molecule has 0 saturated carbocycles. The molecule has 0 heterocycles. The fraction of sp³-hybridized carbons (Fsp3) is 0.263. The topological polar surface area (TPSA) is 58.6 Å². The second-order valence-corrected chi connectivity index (χ2v) is 5.32. The van der Waals surface area contributed by atoms with Gasteiger partial charge in [0, 0.05) is 13.1 Å². The zero-order valence-corrected chi connectivity index (χ0v) is 13.8. The zero-order chi connectivity index (χ0) is 17.2. The van der Waals surface area contributed by atoms with Crippen LogP contribution in [-0.4, -0.2) is 37.2 Å². The van der Waals surface area contributed by atoms with E-state index in [2.05, 4.69) is 5.32 Å². The number of methoxy groups -OCH3 is 1. The molecule has 2 rings (SSSR count). The normalized spacial score (nSPS) is 10.0. The molecule has 0 unspecified atom stereocenters. The molecule has 0 saturated heterocycles. The average Bonchev–Trinajstić information content (AvgIpc) is 2.63. The molecule has 0 atom stereocenters. The summed E-state index contributed by atoms with van der Waals surface area (Å²) in [7, 11) is 1.27. The van der Waals surface area contributed by atoms with Gasteiger partial charge in [-0.3, -0.25) is 0 Å². The summed E-state index contributed by atoms with van der Waals surface area (Å²) in [5, 5.41) is 2.77. The van der Waals surface area contributed by atoms with Crippen molar-refractivity contribution in [3.63, 3.8) is 0 Å². The van der Waals surface area contributed by atoms with Gasteiger partial charge in [-0.15, -0.1) is 0 Å². The Hall–Kier alpha value is -2.82. The highest BCUT2D eigenvalue weighted by atomic mass is 16.5. The molecule has 24 heavy (non-hydrogen) atoms. The molecule has 0 aliphatic rings. The number of amides is 3. The lowest BCUT2D eigenvalue weighted by atomic mass is 10.1. The van der Waals surface area contributed by atoms with Crippen molar-refractivity contribution in [1.29, 1.82) is 0 Å². The fourth-order valence-electron chi connectivity index (χ4n) is 2.33. The van der Waals surface area contributed by atoms with Crippen LogP contribution in [0.2, 0.25) is 0 Å². The number of ether oxygens (including phenoxy) is 1. The highest BCUT2D eigenvalue weighted by molar-refractivity contribution is 5.90. The van der Waals surface area contributed by atoms with Gasteiger partial charge in [0.25, 0.3) is 0 Å².